The average molecular weight is 282 g/mol. The summed E-state index contributed by atoms with van der Waals surface area (Å²) >= 11 is 0. The molecule has 0 aromatic carbocycles. The van der Waals surface area contributed by atoms with E-state index in [0.29, 0.717) is 5.82 Å². The number of hydrogen-bond donors (Lipinski definition) is 3. The molecule has 112 valence electrons. The molecule has 1 aromatic rings. The van der Waals surface area contributed by atoms with Gasteiger partial charge in [0, 0.05) is 11.5 Å². The van der Waals surface area contributed by atoms with E-state index in [1.54, 1.807) is 0 Å². The molecule has 1 atom stereocenters. The van der Waals surface area contributed by atoms with Gasteiger partial charge < -0.3 is 10.4 Å². The topological polar surface area (TPSA) is 108 Å². The molecule has 1 amide bonds. The Kier molecular flexibility index (Phi) is 4.86. The number of aromatic nitrogens is 3. The van der Waals surface area contributed by atoms with E-state index in [9.17, 15) is 9.59 Å². The molecular weight excluding hydrogens is 260 g/mol. The summed E-state index contributed by atoms with van der Waals surface area (Å²) in [5.41, 5.74) is -0.232. The summed E-state index contributed by atoms with van der Waals surface area (Å²) in [6.45, 7) is 9.57. The van der Waals surface area contributed by atoms with E-state index in [1.165, 1.54) is 0 Å². The van der Waals surface area contributed by atoms with Crippen molar-refractivity contribution in [2.75, 3.05) is 0 Å². The van der Waals surface area contributed by atoms with Crippen LogP contribution in [0.4, 0.5) is 0 Å². The van der Waals surface area contributed by atoms with E-state index in [0.717, 1.165) is 0 Å². The number of amides is 1. The predicted octanol–water partition coefficient (Wildman–Crippen LogP) is 1.33. The van der Waals surface area contributed by atoms with Crippen molar-refractivity contribution in [3.63, 3.8) is 0 Å². The van der Waals surface area contributed by atoms with Crippen LogP contribution in [0.5, 0.6) is 0 Å². The van der Waals surface area contributed by atoms with Gasteiger partial charge in [-0.2, -0.15) is 0 Å². The van der Waals surface area contributed by atoms with Gasteiger partial charge in [0.15, 0.2) is 0 Å². The maximum absolute atomic E-state index is 12.0. The van der Waals surface area contributed by atoms with Gasteiger partial charge in [-0.3, -0.25) is 14.7 Å². The van der Waals surface area contributed by atoms with Crippen molar-refractivity contribution in [3.05, 3.63) is 11.6 Å². The second-order valence-corrected chi connectivity index (χ2v) is 6.18. The van der Waals surface area contributed by atoms with Crippen molar-refractivity contribution in [2.24, 2.45) is 5.92 Å². The van der Waals surface area contributed by atoms with Crippen LogP contribution in [0.3, 0.4) is 0 Å². The van der Waals surface area contributed by atoms with Crippen molar-refractivity contribution in [1.82, 2.24) is 20.5 Å². The highest BCUT2D eigenvalue weighted by Crippen LogP contribution is 2.17. The number of nitrogens with zero attached hydrogens (tertiary/aromatic N) is 2. The fourth-order valence-electron chi connectivity index (χ4n) is 1.57. The molecule has 0 radical (unpaired) electrons. The van der Waals surface area contributed by atoms with Crippen molar-refractivity contribution >= 4 is 11.9 Å². The summed E-state index contributed by atoms with van der Waals surface area (Å²) in [6, 6.07) is -0.448. The molecule has 0 aliphatic carbocycles. The van der Waals surface area contributed by atoms with Gasteiger partial charge >= 0.3 is 5.97 Å². The van der Waals surface area contributed by atoms with Crippen LogP contribution in [0.2, 0.25) is 0 Å². The molecule has 0 fully saturated rings. The maximum atomic E-state index is 12.0. The van der Waals surface area contributed by atoms with Gasteiger partial charge in [-0.1, -0.05) is 34.6 Å². The normalized spacial score (nSPS) is 13.3. The molecule has 0 saturated carbocycles. The third-order valence-electron chi connectivity index (χ3n) is 2.91. The minimum Gasteiger partial charge on any atom is -0.481 e. The Bertz CT molecular complexity index is 488. The van der Waals surface area contributed by atoms with Crippen LogP contribution < -0.4 is 5.32 Å². The van der Waals surface area contributed by atoms with Gasteiger partial charge in [-0.15, -0.1) is 5.10 Å². The van der Waals surface area contributed by atoms with Crippen LogP contribution in [-0.2, 0) is 10.2 Å². The van der Waals surface area contributed by atoms with Gasteiger partial charge in [-0.05, 0) is 5.92 Å². The molecule has 1 aromatic heterocycles. The van der Waals surface area contributed by atoms with Crippen molar-refractivity contribution < 1.29 is 14.7 Å². The van der Waals surface area contributed by atoms with Crippen LogP contribution in [0.15, 0.2) is 0 Å². The second kappa shape index (κ2) is 6.02. The van der Waals surface area contributed by atoms with E-state index < -0.39 is 17.9 Å². The van der Waals surface area contributed by atoms with E-state index in [1.807, 2.05) is 34.6 Å². The van der Waals surface area contributed by atoms with E-state index in [2.05, 4.69) is 20.5 Å². The smallest absolute Gasteiger partial charge is 0.305 e. The van der Waals surface area contributed by atoms with Crippen LogP contribution in [0, 0.1) is 5.92 Å². The fourth-order valence-corrected chi connectivity index (χ4v) is 1.57. The zero-order chi connectivity index (χ0) is 15.5. The Balaban J connectivity index is 2.79. The highest BCUT2D eigenvalue weighted by molar-refractivity contribution is 5.90. The molecule has 7 nitrogen and oxygen atoms in total. The highest BCUT2D eigenvalue weighted by Gasteiger charge is 2.24. The first kappa shape index (κ1) is 16.1. The quantitative estimate of drug-likeness (QED) is 0.755. The molecule has 7 heteroatoms. The van der Waals surface area contributed by atoms with E-state index >= 15 is 0 Å². The first-order chi connectivity index (χ1) is 9.11. The number of rotatable bonds is 5. The molecule has 0 saturated heterocycles. The Morgan fingerprint density at radius 3 is 2.35 bits per heavy atom. The first-order valence-electron chi connectivity index (χ1n) is 6.56. The van der Waals surface area contributed by atoms with Gasteiger partial charge in [0.05, 0.1) is 6.42 Å². The number of aliphatic carboxylic acids is 1. The lowest BCUT2D eigenvalue weighted by Crippen LogP contribution is -2.40. The number of nitrogens with one attached hydrogen (secondary N) is 2. The van der Waals surface area contributed by atoms with Crippen molar-refractivity contribution in [3.8, 4) is 0 Å². The lowest BCUT2D eigenvalue weighted by atomic mass is 9.96. The SMILES string of the molecule is CC(C)C(CC(=O)O)NC(=O)c1n[nH]c(C(C)(C)C)n1. The average Bonchev–Trinajstić information content (AvgIpc) is 2.75. The summed E-state index contributed by atoms with van der Waals surface area (Å²) in [4.78, 5) is 27.0. The maximum Gasteiger partial charge on any atom is 0.305 e. The Labute approximate surface area is 118 Å². The molecular formula is C13H22N4O3. The van der Waals surface area contributed by atoms with Crippen molar-refractivity contribution in [2.45, 2.75) is 52.5 Å². The number of carboxylic acid groups (broad SMARTS) is 1. The van der Waals surface area contributed by atoms with Crippen LogP contribution in [0.25, 0.3) is 0 Å². The number of carbonyl (C=O) groups is 2. The Hall–Kier alpha value is -1.92. The second-order valence-electron chi connectivity index (χ2n) is 6.18. The third kappa shape index (κ3) is 4.32. The van der Waals surface area contributed by atoms with Crippen LogP contribution >= 0.6 is 0 Å². The molecule has 0 aliphatic rings. The monoisotopic (exact) mass is 282 g/mol. The zero-order valence-electron chi connectivity index (χ0n) is 12.5. The highest BCUT2D eigenvalue weighted by atomic mass is 16.4. The standard InChI is InChI=1S/C13H22N4O3/c1-7(2)8(6-9(18)19)14-11(20)10-15-12(17-16-10)13(3,4)5/h7-8H,6H2,1-5H3,(H,14,20)(H,18,19)(H,15,16,17). The summed E-state index contributed by atoms with van der Waals surface area (Å²) in [6.07, 6.45) is -0.125. The Morgan fingerprint density at radius 1 is 1.35 bits per heavy atom. The molecule has 0 aliphatic heterocycles. The first-order valence-corrected chi connectivity index (χ1v) is 6.56. The van der Waals surface area contributed by atoms with Gasteiger partial charge in [0.25, 0.3) is 5.91 Å². The fraction of sp³-hybridized carbons (Fsp3) is 0.692. The molecule has 1 rings (SSSR count). The minimum absolute atomic E-state index is 0.0103. The summed E-state index contributed by atoms with van der Waals surface area (Å²) in [5, 5.41) is 18.1. The van der Waals surface area contributed by atoms with Crippen LogP contribution in [0.1, 0.15) is 57.5 Å². The Morgan fingerprint density at radius 2 is 1.95 bits per heavy atom. The van der Waals surface area contributed by atoms with Gasteiger partial charge in [-0.25, -0.2) is 4.98 Å². The summed E-state index contributed by atoms with van der Waals surface area (Å²) in [7, 11) is 0. The molecule has 0 spiro atoms. The lowest BCUT2D eigenvalue weighted by molar-refractivity contribution is -0.137. The largest absolute Gasteiger partial charge is 0.481 e. The zero-order valence-corrected chi connectivity index (χ0v) is 12.5. The van der Waals surface area contributed by atoms with E-state index in [-0.39, 0.29) is 23.6 Å². The molecule has 3 N–H and O–H groups in total. The molecule has 1 unspecified atom stereocenters. The van der Waals surface area contributed by atoms with Gasteiger partial charge in [0.2, 0.25) is 5.82 Å². The summed E-state index contributed by atoms with van der Waals surface area (Å²) < 4.78 is 0. The van der Waals surface area contributed by atoms with Gasteiger partial charge in [0.1, 0.15) is 5.82 Å². The molecule has 20 heavy (non-hydrogen) atoms. The summed E-state index contributed by atoms with van der Waals surface area (Å²) in [5.74, 6) is -0.755. The number of aromatic amines is 1. The lowest BCUT2D eigenvalue weighted by Gasteiger charge is -2.19. The van der Waals surface area contributed by atoms with Crippen molar-refractivity contribution in [1.29, 1.82) is 0 Å². The van der Waals surface area contributed by atoms with Crippen LogP contribution in [-0.4, -0.2) is 38.2 Å². The van der Waals surface area contributed by atoms with E-state index in [4.69, 9.17) is 5.11 Å². The number of H-pyrrole nitrogens is 1. The minimum atomic E-state index is -0.950. The number of hydrogen-bond acceptors (Lipinski definition) is 4. The molecule has 1 heterocycles. The number of carboxylic acids is 1. The number of carbonyl (C=O) groups excluding carboxylic acids is 1. The molecule has 0 bridgehead atoms. The third-order valence-corrected chi connectivity index (χ3v) is 2.91. The predicted molar refractivity (Wildman–Crippen MR) is 73.4 cm³/mol.